The zero-order valence-electron chi connectivity index (χ0n) is 60.7. The molecule has 1 aliphatic carbocycles. The molecular formula is C82H104O20. The van der Waals surface area contributed by atoms with Crippen molar-refractivity contribution in [2.45, 2.75) is 196 Å². The number of unbranched alkanes of at least 4 members (excludes halogenated alkanes) is 8. The lowest BCUT2D eigenvalue weighted by molar-refractivity contribution is -0.140. The fourth-order valence-electron chi connectivity index (χ4n) is 11.5. The molecule has 552 valence electrons. The van der Waals surface area contributed by atoms with Gasteiger partial charge in [-0.05, 0) is 133 Å². The van der Waals surface area contributed by atoms with Crippen LogP contribution >= 0.6 is 0 Å². The second-order valence-corrected chi connectivity index (χ2v) is 24.8. The highest BCUT2D eigenvalue weighted by Gasteiger charge is 2.28. The summed E-state index contributed by atoms with van der Waals surface area (Å²) in [5.74, 6) is -3.33. The molecule has 8 bridgehead atoms. The van der Waals surface area contributed by atoms with E-state index in [2.05, 4.69) is 40.9 Å². The third kappa shape index (κ3) is 28.9. The largest absolute Gasteiger partial charge is 0.493 e. The number of fused-ring (bicyclic) bond motifs is 8. The molecule has 4 aromatic rings. The van der Waals surface area contributed by atoms with Crippen LogP contribution in [0, 0.1) is 0 Å². The summed E-state index contributed by atoms with van der Waals surface area (Å²) in [5, 5.41) is 0. The number of benzene rings is 4. The normalized spacial score (nSPS) is 11.7. The van der Waals surface area contributed by atoms with Crippen LogP contribution in [0.2, 0.25) is 0 Å². The molecule has 0 spiro atoms. The molecule has 0 unspecified atom stereocenters. The lowest BCUT2D eigenvalue weighted by Crippen LogP contribution is -2.15. The molecule has 0 aromatic heterocycles. The Morgan fingerprint density at radius 3 is 0.686 bits per heavy atom. The Morgan fingerprint density at radius 1 is 0.284 bits per heavy atom. The molecule has 20 nitrogen and oxygen atoms in total. The summed E-state index contributed by atoms with van der Waals surface area (Å²) in [6.45, 7) is 18.5. The smallest absolute Gasteiger partial charge is 0.331 e. The minimum absolute atomic E-state index is 0.0117. The van der Waals surface area contributed by atoms with Gasteiger partial charge in [-0.3, -0.25) is 19.2 Å². The number of rotatable bonds is 48. The van der Waals surface area contributed by atoms with Crippen LogP contribution in [0.5, 0.6) is 23.0 Å². The van der Waals surface area contributed by atoms with Crippen molar-refractivity contribution in [3.63, 3.8) is 0 Å². The summed E-state index contributed by atoms with van der Waals surface area (Å²) in [5.41, 5.74) is 5.63. The second kappa shape index (κ2) is 46.9. The topological polar surface area (TPSA) is 263 Å². The van der Waals surface area contributed by atoms with Crippen molar-refractivity contribution in [1.82, 2.24) is 0 Å². The summed E-state index contributed by atoms with van der Waals surface area (Å²) in [6, 6.07) is 14.4. The summed E-state index contributed by atoms with van der Waals surface area (Å²) >= 11 is 0. The van der Waals surface area contributed by atoms with E-state index >= 15 is 0 Å². The van der Waals surface area contributed by atoms with Crippen LogP contribution in [0.3, 0.4) is 0 Å². The van der Waals surface area contributed by atoms with Gasteiger partial charge in [0.05, 0.1) is 66.1 Å². The SMILES string of the molecule is C=CC(=O)OCCCOc1c2cc(C(=O)CCCCC)cc1Cc1cc(C(=O)CCCCC)cc(c1OCCCOC(=O)/C=C\C(=O)OCC)Cc1cc(C(=O)CCCCC)cc(c1OCCCOC(=O)C=C)Cc1cc(C(=O)CCCCC)cc(c1OCCCOC(=O)/C=C\C(=O)OCC)C2. The highest BCUT2D eigenvalue weighted by Crippen LogP contribution is 2.42. The summed E-state index contributed by atoms with van der Waals surface area (Å²) in [4.78, 5) is 134. The molecular weight excluding hydrogens is 1300 g/mol. The Hall–Kier alpha value is -9.46. The van der Waals surface area contributed by atoms with E-state index in [1.54, 1.807) is 62.4 Å². The molecule has 5 rings (SSSR count). The van der Waals surface area contributed by atoms with Gasteiger partial charge in [0.1, 0.15) is 23.0 Å². The van der Waals surface area contributed by atoms with E-state index in [4.69, 9.17) is 47.4 Å². The fourth-order valence-corrected chi connectivity index (χ4v) is 11.5. The Kier molecular flexibility index (Phi) is 38.2. The lowest BCUT2D eigenvalue weighted by atomic mass is 9.86. The third-order valence-corrected chi connectivity index (χ3v) is 16.5. The number of carbonyl (C=O) groups excluding carboxylic acids is 10. The number of esters is 6. The number of hydrogen-bond acceptors (Lipinski definition) is 20. The Labute approximate surface area is 601 Å². The molecule has 0 fully saturated rings. The van der Waals surface area contributed by atoms with Crippen LogP contribution in [-0.4, -0.2) is 125 Å². The monoisotopic (exact) mass is 1410 g/mol. The van der Waals surface area contributed by atoms with Crippen LogP contribution in [0.1, 0.15) is 256 Å². The number of hydrogen-bond donors (Lipinski definition) is 0. The molecule has 0 radical (unpaired) electrons. The molecule has 1 aliphatic rings. The predicted octanol–water partition coefficient (Wildman–Crippen LogP) is 15.3. The molecule has 102 heavy (non-hydrogen) atoms. The van der Waals surface area contributed by atoms with Crippen molar-refractivity contribution in [3.8, 4) is 23.0 Å². The number of carbonyl (C=O) groups is 10. The summed E-state index contributed by atoms with van der Waals surface area (Å²) < 4.78 is 59.4. The van der Waals surface area contributed by atoms with E-state index in [1.165, 1.54) is 0 Å². The molecule has 0 heterocycles. The molecule has 0 N–H and O–H groups in total. The summed E-state index contributed by atoms with van der Waals surface area (Å²) in [7, 11) is 0. The quantitative estimate of drug-likeness (QED) is 0.0115. The lowest BCUT2D eigenvalue weighted by Gasteiger charge is -2.25. The average Bonchev–Trinajstić information content (AvgIpc) is 0.771. The maximum atomic E-state index is 14.9. The standard InChI is InChI=1S/C82H104O20/c1-9-17-21-29-69(83)57-45-61-53-65-49-59(71(85)31-23-19-11-3)51-67(81(65)101-43-27-39-97-77(91)35-33-75(89)93-15-7)55-63-47-58(70(84)30-22-18-10-2)48-64(80(63)100-42-26-38-96-74(88)14-6)56-68-52-60(72(86)32-24-20-12-4)50-66(54-62(46-57)79(61)99-41-25-37-95-73(87)13-5)82(68)102-44-28-40-98-78(92)36-34-76(90)94-16-8/h13-14,33-36,45-52H,5-6,9-12,15-32,37-44,53-56H2,1-4,7-8H3/b35-33-,36-34-. The average molecular weight is 1410 g/mol. The number of ketones is 4. The van der Waals surface area contributed by atoms with E-state index in [0.29, 0.717) is 115 Å². The van der Waals surface area contributed by atoms with E-state index in [-0.39, 0.29) is 166 Å². The fraction of sp³-hybridized carbons (Fsp3) is 0.488. The Bertz CT molecular complexity index is 3240. The Balaban J connectivity index is 1.97. The minimum Gasteiger partial charge on any atom is -0.493 e. The summed E-state index contributed by atoms with van der Waals surface area (Å²) in [6.07, 6.45) is 16.8. The van der Waals surface area contributed by atoms with E-state index in [9.17, 15) is 47.9 Å². The molecule has 0 saturated heterocycles. The van der Waals surface area contributed by atoms with Gasteiger partial charge in [-0.2, -0.15) is 0 Å². The van der Waals surface area contributed by atoms with Crippen LogP contribution < -0.4 is 18.9 Å². The van der Waals surface area contributed by atoms with Gasteiger partial charge >= 0.3 is 35.8 Å². The predicted molar refractivity (Wildman–Crippen MR) is 387 cm³/mol. The van der Waals surface area contributed by atoms with E-state index in [0.717, 1.165) is 87.8 Å². The maximum Gasteiger partial charge on any atom is 0.331 e. The van der Waals surface area contributed by atoms with Crippen LogP contribution in [0.25, 0.3) is 0 Å². The van der Waals surface area contributed by atoms with Crippen LogP contribution in [-0.2, 0) is 82.9 Å². The van der Waals surface area contributed by atoms with Crippen molar-refractivity contribution in [1.29, 1.82) is 0 Å². The second-order valence-electron chi connectivity index (χ2n) is 24.8. The number of ether oxygens (including phenoxy) is 10. The van der Waals surface area contributed by atoms with E-state index in [1.807, 2.05) is 0 Å². The van der Waals surface area contributed by atoms with Gasteiger partial charge in [0.15, 0.2) is 23.1 Å². The third-order valence-electron chi connectivity index (χ3n) is 16.5. The number of Topliss-reactive ketones (excluding diaryl/α,β-unsaturated/α-hetero) is 4. The minimum atomic E-state index is -0.776. The maximum absolute atomic E-state index is 14.9. The zero-order chi connectivity index (χ0) is 74.0. The van der Waals surface area contributed by atoms with Gasteiger partial charge in [-0.15, -0.1) is 0 Å². The van der Waals surface area contributed by atoms with Gasteiger partial charge in [-0.25, -0.2) is 28.8 Å². The van der Waals surface area contributed by atoms with Crippen molar-refractivity contribution in [3.05, 3.63) is 165 Å². The molecule has 0 amide bonds. The highest BCUT2D eigenvalue weighted by atomic mass is 16.6. The molecule has 4 aromatic carbocycles. The highest BCUT2D eigenvalue weighted by molar-refractivity contribution is 5.99. The van der Waals surface area contributed by atoms with Crippen LogP contribution in [0.15, 0.2) is 98.1 Å². The van der Waals surface area contributed by atoms with Gasteiger partial charge in [0.25, 0.3) is 0 Å². The van der Waals surface area contributed by atoms with Crippen LogP contribution in [0.4, 0.5) is 0 Å². The van der Waals surface area contributed by atoms with Gasteiger partial charge in [0, 0.05) is 136 Å². The van der Waals surface area contributed by atoms with Crippen molar-refractivity contribution >= 4 is 58.9 Å². The van der Waals surface area contributed by atoms with Crippen molar-refractivity contribution in [2.75, 3.05) is 66.1 Å². The first-order valence-corrected chi connectivity index (χ1v) is 36.3. The first-order chi connectivity index (χ1) is 49.4. The van der Waals surface area contributed by atoms with Gasteiger partial charge in [0.2, 0.25) is 0 Å². The van der Waals surface area contributed by atoms with Gasteiger partial charge in [-0.1, -0.05) is 92.2 Å². The first-order valence-electron chi connectivity index (χ1n) is 36.3. The molecule has 20 heteroatoms. The van der Waals surface area contributed by atoms with Crippen molar-refractivity contribution < 1.29 is 95.3 Å². The zero-order valence-corrected chi connectivity index (χ0v) is 60.7. The van der Waals surface area contributed by atoms with Gasteiger partial charge < -0.3 is 47.4 Å². The Morgan fingerprint density at radius 2 is 0.490 bits per heavy atom. The molecule has 0 atom stereocenters. The molecule has 0 aliphatic heterocycles. The van der Waals surface area contributed by atoms with E-state index < -0.39 is 35.8 Å². The molecule has 0 saturated carbocycles. The first kappa shape index (κ1) is 83.2. The van der Waals surface area contributed by atoms with Crippen molar-refractivity contribution in [2.24, 2.45) is 0 Å².